The second-order valence-electron chi connectivity index (χ2n) is 3.22. The lowest BCUT2D eigenvalue weighted by molar-refractivity contribution is -0.390. The van der Waals surface area contributed by atoms with Crippen molar-refractivity contribution in [3.05, 3.63) is 21.9 Å². The Balaban J connectivity index is 2.23. The summed E-state index contributed by atoms with van der Waals surface area (Å²) < 4.78 is 0. The van der Waals surface area contributed by atoms with E-state index >= 15 is 0 Å². The second kappa shape index (κ2) is 2.79. The Hall–Kier alpha value is -1.92. The molecule has 1 fully saturated rings. The van der Waals surface area contributed by atoms with Crippen molar-refractivity contribution in [1.29, 1.82) is 0 Å². The molecule has 1 aromatic heterocycles. The van der Waals surface area contributed by atoms with Gasteiger partial charge in [0.15, 0.2) is 0 Å². The minimum absolute atomic E-state index is 0.196. The van der Waals surface area contributed by atoms with Crippen LogP contribution in [-0.4, -0.2) is 26.2 Å². The number of carboxylic acids is 1. The summed E-state index contributed by atoms with van der Waals surface area (Å²) in [6.07, 6.45) is 1.78. The maximum absolute atomic E-state index is 10.5. The zero-order valence-corrected chi connectivity index (χ0v) is 7.01. The van der Waals surface area contributed by atoms with Gasteiger partial charge in [0.05, 0.1) is 17.7 Å². The fraction of sp³-hybridized carbons (Fsp3) is 0.429. The molecule has 7 nitrogen and oxygen atoms in total. The highest BCUT2D eigenvalue weighted by atomic mass is 16.6. The van der Waals surface area contributed by atoms with Gasteiger partial charge < -0.3 is 15.2 Å². The van der Waals surface area contributed by atoms with Crippen LogP contribution in [0.15, 0.2) is 6.20 Å². The predicted molar refractivity (Wildman–Crippen MR) is 43.7 cm³/mol. The average Bonchev–Trinajstić information content (AvgIpc) is 2.75. The molecule has 0 saturated heterocycles. The molecule has 7 heteroatoms. The molecule has 1 saturated carbocycles. The number of carbonyl (C=O) groups is 1. The maximum Gasteiger partial charge on any atom is 0.346 e. The van der Waals surface area contributed by atoms with Gasteiger partial charge in [0.25, 0.3) is 0 Å². The van der Waals surface area contributed by atoms with Crippen LogP contribution in [0.1, 0.15) is 17.9 Å². The van der Waals surface area contributed by atoms with Crippen molar-refractivity contribution in [2.75, 3.05) is 0 Å². The van der Waals surface area contributed by atoms with Crippen molar-refractivity contribution in [3.8, 4) is 0 Å². The minimum atomic E-state index is -0.912. The number of nitro groups is 1. The molecule has 0 bridgehead atoms. The molecule has 1 aliphatic carbocycles. The molecule has 74 valence electrons. The summed E-state index contributed by atoms with van der Waals surface area (Å²) in [5.74, 6) is -1.86. The van der Waals surface area contributed by atoms with E-state index < -0.39 is 16.8 Å². The Morgan fingerprint density at radius 2 is 2.50 bits per heavy atom. The summed E-state index contributed by atoms with van der Waals surface area (Å²) in [7, 11) is 0. The van der Waals surface area contributed by atoms with Crippen molar-refractivity contribution < 1.29 is 14.8 Å². The summed E-state index contributed by atoms with van der Waals surface area (Å²) in [5.41, 5.74) is 0.391. The van der Waals surface area contributed by atoms with Crippen LogP contribution < -0.4 is 0 Å². The molecule has 2 atom stereocenters. The van der Waals surface area contributed by atoms with Crippen LogP contribution in [0, 0.1) is 16.0 Å². The van der Waals surface area contributed by atoms with Crippen molar-refractivity contribution in [3.63, 3.8) is 0 Å². The third-order valence-corrected chi connectivity index (χ3v) is 2.34. The van der Waals surface area contributed by atoms with Crippen molar-refractivity contribution in [1.82, 2.24) is 10.2 Å². The van der Waals surface area contributed by atoms with E-state index in [1.807, 2.05) is 0 Å². The largest absolute Gasteiger partial charge is 0.481 e. The van der Waals surface area contributed by atoms with Gasteiger partial charge in [-0.3, -0.25) is 4.79 Å². The number of hydrogen-bond acceptors (Lipinski definition) is 4. The summed E-state index contributed by atoms with van der Waals surface area (Å²) in [4.78, 5) is 20.4. The molecule has 0 spiro atoms. The number of aromatic amines is 1. The number of hydrogen-bond donors (Lipinski definition) is 2. The minimum Gasteiger partial charge on any atom is -0.481 e. The van der Waals surface area contributed by atoms with E-state index in [2.05, 4.69) is 10.2 Å². The average molecular weight is 197 g/mol. The van der Waals surface area contributed by atoms with E-state index in [1.165, 1.54) is 6.20 Å². The molecule has 0 amide bonds. The highest BCUT2D eigenvalue weighted by Gasteiger charge is 2.47. The van der Waals surface area contributed by atoms with Gasteiger partial charge in [-0.05, 0) is 11.3 Å². The second-order valence-corrected chi connectivity index (χ2v) is 3.22. The lowest BCUT2D eigenvalue weighted by atomic mass is 10.2. The number of rotatable bonds is 3. The summed E-state index contributed by atoms with van der Waals surface area (Å²) in [6, 6.07) is 0. The SMILES string of the molecule is O=C(O)C1CC1c1cn[nH]c1[N+](=O)[O-]. The molecule has 0 radical (unpaired) electrons. The lowest BCUT2D eigenvalue weighted by Gasteiger charge is -1.94. The van der Waals surface area contributed by atoms with E-state index in [-0.39, 0.29) is 11.7 Å². The first kappa shape index (κ1) is 8.67. The van der Waals surface area contributed by atoms with Crippen LogP contribution >= 0.6 is 0 Å². The van der Waals surface area contributed by atoms with Crippen molar-refractivity contribution >= 4 is 11.8 Å². The van der Waals surface area contributed by atoms with Gasteiger partial charge in [-0.15, -0.1) is 5.10 Å². The Labute approximate surface area is 77.9 Å². The molecule has 1 aliphatic rings. The van der Waals surface area contributed by atoms with Gasteiger partial charge in [-0.25, -0.2) is 0 Å². The highest BCUT2D eigenvalue weighted by molar-refractivity contribution is 5.75. The number of carboxylic acid groups (broad SMARTS) is 1. The molecule has 0 aliphatic heterocycles. The molecule has 14 heavy (non-hydrogen) atoms. The highest BCUT2D eigenvalue weighted by Crippen LogP contribution is 2.49. The van der Waals surface area contributed by atoms with Gasteiger partial charge in [-0.1, -0.05) is 5.10 Å². The topological polar surface area (TPSA) is 109 Å². The molecular weight excluding hydrogens is 190 g/mol. The number of H-pyrrole nitrogens is 1. The molecular formula is C7H7N3O4. The van der Waals surface area contributed by atoms with E-state index in [0.29, 0.717) is 12.0 Å². The Kier molecular flexibility index (Phi) is 1.73. The lowest BCUT2D eigenvalue weighted by Crippen LogP contribution is -2.00. The first-order valence-corrected chi connectivity index (χ1v) is 4.01. The first-order valence-electron chi connectivity index (χ1n) is 4.01. The van der Waals surface area contributed by atoms with Gasteiger partial charge in [0, 0.05) is 5.92 Å². The normalized spacial score (nSPS) is 24.6. The standard InChI is InChI=1S/C7H7N3O4/c11-7(12)4-1-3(4)5-2-8-9-6(5)10(13)14/h2-4H,1H2,(H,8,9)(H,11,12). The van der Waals surface area contributed by atoms with E-state index in [4.69, 9.17) is 5.11 Å². The molecule has 2 unspecified atom stereocenters. The van der Waals surface area contributed by atoms with Crippen molar-refractivity contribution in [2.45, 2.75) is 12.3 Å². The zero-order chi connectivity index (χ0) is 10.3. The Morgan fingerprint density at radius 1 is 1.79 bits per heavy atom. The molecule has 1 heterocycles. The Bertz CT molecular complexity index is 399. The van der Waals surface area contributed by atoms with Crippen LogP contribution in [-0.2, 0) is 4.79 Å². The summed E-state index contributed by atoms with van der Waals surface area (Å²) in [5, 5.41) is 24.9. The van der Waals surface area contributed by atoms with E-state index in [9.17, 15) is 14.9 Å². The van der Waals surface area contributed by atoms with Gasteiger partial charge in [0.2, 0.25) is 0 Å². The number of aliphatic carboxylic acids is 1. The van der Waals surface area contributed by atoms with Crippen LogP contribution in [0.5, 0.6) is 0 Å². The van der Waals surface area contributed by atoms with Crippen molar-refractivity contribution in [2.24, 2.45) is 5.92 Å². The number of nitrogens with zero attached hydrogens (tertiary/aromatic N) is 2. The molecule has 1 aromatic rings. The summed E-state index contributed by atoms with van der Waals surface area (Å²) in [6.45, 7) is 0. The fourth-order valence-electron chi connectivity index (χ4n) is 1.52. The summed E-state index contributed by atoms with van der Waals surface area (Å²) >= 11 is 0. The fourth-order valence-corrected chi connectivity index (χ4v) is 1.52. The Morgan fingerprint density at radius 3 is 3.00 bits per heavy atom. The van der Waals surface area contributed by atoms with Crippen LogP contribution in [0.2, 0.25) is 0 Å². The predicted octanol–water partition coefficient (Wildman–Crippen LogP) is 0.506. The monoisotopic (exact) mass is 197 g/mol. The van der Waals surface area contributed by atoms with E-state index in [1.54, 1.807) is 0 Å². The zero-order valence-electron chi connectivity index (χ0n) is 7.01. The quantitative estimate of drug-likeness (QED) is 0.541. The van der Waals surface area contributed by atoms with Gasteiger partial charge >= 0.3 is 11.8 Å². The van der Waals surface area contributed by atoms with Gasteiger partial charge in [-0.2, -0.15) is 0 Å². The van der Waals surface area contributed by atoms with Crippen LogP contribution in [0.25, 0.3) is 0 Å². The third-order valence-electron chi connectivity index (χ3n) is 2.34. The first-order chi connectivity index (χ1) is 6.61. The van der Waals surface area contributed by atoms with E-state index in [0.717, 1.165) is 0 Å². The third kappa shape index (κ3) is 1.22. The molecule has 0 aromatic carbocycles. The molecule has 2 rings (SSSR count). The van der Waals surface area contributed by atoms with Crippen LogP contribution in [0.4, 0.5) is 5.82 Å². The number of nitrogens with one attached hydrogen (secondary N) is 1. The maximum atomic E-state index is 10.5. The number of aromatic nitrogens is 2. The molecule has 2 N–H and O–H groups in total. The van der Waals surface area contributed by atoms with Crippen LogP contribution in [0.3, 0.4) is 0 Å². The van der Waals surface area contributed by atoms with Gasteiger partial charge in [0.1, 0.15) is 0 Å². The smallest absolute Gasteiger partial charge is 0.346 e.